The third kappa shape index (κ3) is 3.84. The predicted octanol–water partition coefficient (Wildman–Crippen LogP) is 5.15. The molecule has 0 radical (unpaired) electrons. The molecular formula is C23H19F3N6O. The molecular weight excluding hydrogens is 433 g/mol. The monoisotopic (exact) mass is 452 g/mol. The van der Waals surface area contributed by atoms with Crippen molar-refractivity contribution >= 4 is 34.3 Å². The Morgan fingerprint density at radius 3 is 2.21 bits per heavy atom. The Balaban J connectivity index is 1.34. The molecule has 1 aliphatic rings. The number of urea groups is 1. The van der Waals surface area contributed by atoms with Crippen LogP contribution in [0.5, 0.6) is 0 Å². The zero-order valence-corrected chi connectivity index (χ0v) is 17.3. The van der Waals surface area contributed by atoms with Crippen molar-refractivity contribution in [3.63, 3.8) is 0 Å². The van der Waals surface area contributed by atoms with E-state index < -0.39 is 17.8 Å². The number of nitrogens with zero attached hydrogens (tertiary/aromatic N) is 3. The number of anilines is 3. The zero-order valence-electron chi connectivity index (χ0n) is 17.3. The molecule has 2 heterocycles. The van der Waals surface area contributed by atoms with Crippen LogP contribution in [0.4, 0.5) is 35.2 Å². The summed E-state index contributed by atoms with van der Waals surface area (Å²) in [6.07, 6.45) is -0.0403. The first-order chi connectivity index (χ1) is 15.8. The number of hydrogen-bond acceptors (Lipinski definition) is 4. The highest BCUT2D eigenvalue weighted by molar-refractivity contribution is 5.99. The molecule has 33 heavy (non-hydrogen) atoms. The van der Waals surface area contributed by atoms with Crippen LogP contribution in [-0.4, -0.2) is 20.6 Å². The van der Waals surface area contributed by atoms with Gasteiger partial charge in [-0.3, -0.25) is 0 Å². The number of benzene rings is 2. The first-order valence-corrected chi connectivity index (χ1v) is 10.3. The first kappa shape index (κ1) is 20.8. The van der Waals surface area contributed by atoms with Crippen molar-refractivity contribution in [3.05, 3.63) is 71.7 Å². The maximum Gasteiger partial charge on any atom is 0.416 e. The molecule has 0 saturated heterocycles. The lowest BCUT2D eigenvalue weighted by Crippen LogP contribution is -2.19. The van der Waals surface area contributed by atoms with Crippen LogP contribution in [0.1, 0.15) is 23.2 Å². The van der Waals surface area contributed by atoms with Crippen LogP contribution in [-0.2, 0) is 19.0 Å². The van der Waals surface area contributed by atoms with Crippen LogP contribution in [0.3, 0.4) is 0 Å². The minimum Gasteiger partial charge on any atom is -0.382 e. The number of carbonyl (C=O) groups is 1. The molecule has 0 atom stereocenters. The molecule has 0 bridgehead atoms. The van der Waals surface area contributed by atoms with E-state index in [0.717, 1.165) is 53.8 Å². The van der Waals surface area contributed by atoms with E-state index in [1.54, 1.807) is 12.1 Å². The van der Waals surface area contributed by atoms with Gasteiger partial charge < -0.3 is 20.9 Å². The molecule has 1 aliphatic carbocycles. The first-order valence-electron chi connectivity index (χ1n) is 10.3. The van der Waals surface area contributed by atoms with E-state index in [-0.39, 0.29) is 5.69 Å². The summed E-state index contributed by atoms with van der Waals surface area (Å²) in [5.41, 5.74) is 11.0. The number of halogens is 3. The summed E-state index contributed by atoms with van der Waals surface area (Å²) in [6.45, 7) is 0. The van der Waals surface area contributed by atoms with Crippen molar-refractivity contribution in [1.29, 1.82) is 0 Å². The van der Waals surface area contributed by atoms with Gasteiger partial charge in [0, 0.05) is 22.8 Å². The zero-order chi connectivity index (χ0) is 23.2. The normalized spacial score (nSPS) is 13.2. The summed E-state index contributed by atoms with van der Waals surface area (Å²) < 4.78 is 40.1. The van der Waals surface area contributed by atoms with Crippen LogP contribution < -0.4 is 16.4 Å². The minimum atomic E-state index is -4.43. The molecule has 7 nitrogen and oxygen atoms in total. The number of carbonyl (C=O) groups excluding carboxylic acids is 1. The number of fused-ring (bicyclic) bond motifs is 3. The van der Waals surface area contributed by atoms with Gasteiger partial charge in [-0.25, -0.2) is 14.8 Å². The minimum absolute atomic E-state index is 0.252. The number of amides is 2. The van der Waals surface area contributed by atoms with E-state index in [0.29, 0.717) is 11.5 Å². The number of nitrogens with two attached hydrogens (primary N) is 1. The summed E-state index contributed by atoms with van der Waals surface area (Å²) in [5, 5.41) is 5.20. The van der Waals surface area contributed by atoms with Crippen molar-refractivity contribution < 1.29 is 18.0 Å². The predicted molar refractivity (Wildman–Crippen MR) is 119 cm³/mol. The van der Waals surface area contributed by atoms with Gasteiger partial charge in [0.1, 0.15) is 11.8 Å². The van der Waals surface area contributed by atoms with Gasteiger partial charge in [0.05, 0.1) is 11.1 Å². The van der Waals surface area contributed by atoms with E-state index in [1.807, 2.05) is 12.1 Å². The van der Waals surface area contributed by atoms with Gasteiger partial charge in [0.25, 0.3) is 0 Å². The number of aromatic nitrogens is 3. The SMILES string of the molecule is Nc1ncnc2c3c(n(-c4ccc(NC(=O)Nc5ccc(C(F)(F)F)cc5)cc4)c12)CCC3. The maximum absolute atomic E-state index is 12.7. The van der Waals surface area contributed by atoms with Crippen molar-refractivity contribution in [1.82, 2.24) is 14.5 Å². The van der Waals surface area contributed by atoms with Crippen LogP contribution in [0.15, 0.2) is 54.9 Å². The molecule has 10 heteroatoms. The van der Waals surface area contributed by atoms with Crippen molar-refractivity contribution in [2.24, 2.45) is 0 Å². The summed E-state index contributed by atoms with van der Waals surface area (Å²) in [5.74, 6) is 0.410. The Kier molecular flexibility index (Phi) is 4.92. The molecule has 2 amide bonds. The topological polar surface area (TPSA) is 97.9 Å². The van der Waals surface area contributed by atoms with E-state index in [1.165, 1.54) is 24.0 Å². The van der Waals surface area contributed by atoms with Gasteiger partial charge in [-0.1, -0.05) is 0 Å². The average Bonchev–Trinajstić information content (AvgIpc) is 3.36. The number of rotatable bonds is 3. The molecule has 4 aromatic rings. The van der Waals surface area contributed by atoms with Crippen LogP contribution >= 0.6 is 0 Å². The van der Waals surface area contributed by atoms with Gasteiger partial charge in [-0.05, 0) is 73.4 Å². The number of nitrogens with one attached hydrogen (secondary N) is 2. The number of alkyl halides is 3. The largest absolute Gasteiger partial charge is 0.416 e. The highest BCUT2D eigenvalue weighted by atomic mass is 19.4. The Bertz CT molecular complexity index is 1340. The third-order valence-corrected chi connectivity index (χ3v) is 5.67. The fourth-order valence-corrected chi connectivity index (χ4v) is 4.21. The Hall–Kier alpha value is -4.08. The summed E-state index contributed by atoms with van der Waals surface area (Å²) >= 11 is 0. The molecule has 4 N–H and O–H groups in total. The second-order valence-electron chi connectivity index (χ2n) is 7.77. The fourth-order valence-electron chi connectivity index (χ4n) is 4.21. The number of nitrogen functional groups attached to an aromatic ring is 1. The quantitative estimate of drug-likeness (QED) is 0.400. The van der Waals surface area contributed by atoms with Crippen LogP contribution in [0.2, 0.25) is 0 Å². The molecule has 168 valence electrons. The fraction of sp³-hybridized carbons (Fsp3) is 0.174. The lowest BCUT2D eigenvalue weighted by molar-refractivity contribution is -0.137. The molecule has 5 rings (SSSR count). The smallest absolute Gasteiger partial charge is 0.382 e. The molecule has 2 aromatic carbocycles. The lowest BCUT2D eigenvalue weighted by Gasteiger charge is -2.12. The van der Waals surface area contributed by atoms with Crippen LogP contribution in [0.25, 0.3) is 16.7 Å². The molecule has 0 aliphatic heterocycles. The Labute approximate surface area is 186 Å². The summed E-state index contributed by atoms with van der Waals surface area (Å²) in [4.78, 5) is 20.8. The van der Waals surface area contributed by atoms with Gasteiger partial charge in [0.2, 0.25) is 0 Å². The second kappa shape index (κ2) is 7.80. The molecule has 0 fully saturated rings. The number of aryl methyl sites for hydroxylation is 1. The van der Waals surface area contributed by atoms with Gasteiger partial charge >= 0.3 is 12.2 Å². The molecule has 0 unspecified atom stereocenters. The maximum atomic E-state index is 12.7. The van der Waals surface area contributed by atoms with E-state index in [9.17, 15) is 18.0 Å². The van der Waals surface area contributed by atoms with Crippen LogP contribution in [0, 0.1) is 0 Å². The lowest BCUT2D eigenvalue weighted by atomic mass is 10.2. The van der Waals surface area contributed by atoms with Gasteiger partial charge in [-0.15, -0.1) is 0 Å². The summed E-state index contributed by atoms with van der Waals surface area (Å²) in [6, 6.07) is 10.9. The van der Waals surface area contributed by atoms with Gasteiger partial charge in [-0.2, -0.15) is 13.2 Å². The highest BCUT2D eigenvalue weighted by Gasteiger charge is 2.30. The van der Waals surface area contributed by atoms with Gasteiger partial charge in [0.15, 0.2) is 5.82 Å². The van der Waals surface area contributed by atoms with E-state index in [4.69, 9.17) is 5.73 Å². The van der Waals surface area contributed by atoms with E-state index in [2.05, 4.69) is 25.2 Å². The molecule has 2 aromatic heterocycles. The third-order valence-electron chi connectivity index (χ3n) is 5.67. The summed E-state index contributed by atoms with van der Waals surface area (Å²) in [7, 11) is 0. The second-order valence-corrected chi connectivity index (χ2v) is 7.77. The standard InChI is InChI=1S/C23H19F3N6O/c24-23(25,26)13-4-6-14(7-5-13)30-22(33)31-15-8-10-16(11-9-15)32-18-3-1-2-17(18)19-20(32)21(27)29-12-28-19/h4-12H,1-3H2,(H2,27,28,29)(H2,30,31,33). The van der Waals surface area contributed by atoms with Crippen molar-refractivity contribution in [2.75, 3.05) is 16.4 Å². The number of hydrogen-bond donors (Lipinski definition) is 3. The molecule has 0 saturated carbocycles. The highest BCUT2D eigenvalue weighted by Crippen LogP contribution is 2.36. The Morgan fingerprint density at radius 2 is 1.58 bits per heavy atom. The molecule has 0 spiro atoms. The van der Waals surface area contributed by atoms with Crippen molar-refractivity contribution in [2.45, 2.75) is 25.4 Å². The van der Waals surface area contributed by atoms with E-state index >= 15 is 0 Å². The van der Waals surface area contributed by atoms with Crippen molar-refractivity contribution in [3.8, 4) is 5.69 Å². The average molecular weight is 452 g/mol. The Morgan fingerprint density at radius 1 is 0.939 bits per heavy atom.